The van der Waals surface area contributed by atoms with Crippen LogP contribution in [-0.2, 0) is 6.42 Å². The summed E-state index contributed by atoms with van der Waals surface area (Å²) < 4.78 is 0. The molecule has 0 heterocycles. The average Bonchev–Trinajstić information content (AvgIpc) is 2.41. The molecule has 0 radical (unpaired) electrons. The maximum absolute atomic E-state index is 6.06. The first kappa shape index (κ1) is 13.6. The predicted molar refractivity (Wildman–Crippen MR) is 82.8 cm³/mol. The van der Waals surface area contributed by atoms with Crippen LogP contribution in [0.3, 0.4) is 0 Å². The molecule has 18 heavy (non-hydrogen) atoms. The largest absolute Gasteiger partial charge is 0.0841 e. The number of alkyl halides is 1. The average molecular weight is 324 g/mol. The zero-order chi connectivity index (χ0) is 13.1. The Bertz CT molecular complexity index is 531. The summed E-state index contributed by atoms with van der Waals surface area (Å²) >= 11 is 9.81. The Hall–Kier alpha value is -0.790. The fraction of sp³-hybridized carbons (Fsp3) is 0.250. The summed E-state index contributed by atoms with van der Waals surface area (Å²) in [5.41, 5.74) is 4.99. The van der Waals surface area contributed by atoms with Crippen molar-refractivity contribution in [1.82, 2.24) is 0 Å². The third-order valence-corrected chi connectivity index (χ3v) is 4.64. The smallest absolute Gasteiger partial charge is 0.0644 e. The van der Waals surface area contributed by atoms with E-state index in [-0.39, 0.29) is 4.83 Å². The van der Waals surface area contributed by atoms with Gasteiger partial charge < -0.3 is 0 Å². The molecular formula is C16H16BrCl. The summed E-state index contributed by atoms with van der Waals surface area (Å²) in [5, 5.41) is 0.819. The van der Waals surface area contributed by atoms with Crippen LogP contribution in [-0.4, -0.2) is 0 Å². The van der Waals surface area contributed by atoms with E-state index in [4.69, 9.17) is 11.6 Å². The van der Waals surface area contributed by atoms with Gasteiger partial charge >= 0.3 is 0 Å². The lowest BCUT2D eigenvalue weighted by Gasteiger charge is -2.12. The quantitative estimate of drug-likeness (QED) is 0.636. The molecule has 2 aromatic rings. The fourth-order valence-corrected chi connectivity index (χ4v) is 2.65. The minimum absolute atomic E-state index is 0.222. The van der Waals surface area contributed by atoms with Crippen LogP contribution in [0.1, 0.15) is 34.0 Å². The van der Waals surface area contributed by atoms with Crippen LogP contribution in [0.5, 0.6) is 0 Å². The summed E-state index contributed by atoms with van der Waals surface area (Å²) in [6.07, 6.45) is 1.08. The highest BCUT2D eigenvalue weighted by Crippen LogP contribution is 2.32. The van der Waals surface area contributed by atoms with Crippen molar-refractivity contribution >= 4 is 27.5 Å². The van der Waals surface area contributed by atoms with E-state index in [0.29, 0.717) is 0 Å². The van der Waals surface area contributed by atoms with Gasteiger partial charge in [-0.3, -0.25) is 0 Å². The van der Waals surface area contributed by atoms with Gasteiger partial charge in [-0.05, 0) is 41.7 Å². The van der Waals surface area contributed by atoms with Crippen LogP contribution >= 0.6 is 27.5 Å². The molecule has 94 valence electrons. The lowest BCUT2D eigenvalue weighted by Crippen LogP contribution is -1.94. The molecule has 1 atom stereocenters. The lowest BCUT2D eigenvalue weighted by molar-refractivity contribution is 1.11. The molecule has 0 aliphatic heterocycles. The number of rotatable bonds is 3. The van der Waals surface area contributed by atoms with Gasteiger partial charge in [-0.2, -0.15) is 0 Å². The van der Waals surface area contributed by atoms with Crippen molar-refractivity contribution in [3.8, 4) is 0 Å². The molecule has 0 N–H and O–H groups in total. The van der Waals surface area contributed by atoms with E-state index < -0.39 is 0 Å². The maximum Gasteiger partial charge on any atom is 0.0644 e. The zero-order valence-electron chi connectivity index (χ0n) is 10.6. The SMILES string of the molecule is CCc1ccc(C(Br)c2ccc(Cl)c(C)c2)cc1. The highest BCUT2D eigenvalue weighted by atomic mass is 79.9. The van der Waals surface area contributed by atoms with E-state index in [1.807, 2.05) is 13.0 Å². The zero-order valence-corrected chi connectivity index (χ0v) is 12.9. The molecule has 2 rings (SSSR count). The van der Waals surface area contributed by atoms with Gasteiger partial charge in [0.1, 0.15) is 0 Å². The molecule has 0 aliphatic rings. The van der Waals surface area contributed by atoms with Crippen molar-refractivity contribution in [3.63, 3.8) is 0 Å². The summed E-state index contributed by atoms with van der Waals surface area (Å²) in [7, 11) is 0. The van der Waals surface area contributed by atoms with Crippen LogP contribution in [0.25, 0.3) is 0 Å². The van der Waals surface area contributed by atoms with Crippen LogP contribution in [0.15, 0.2) is 42.5 Å². The Morgan fingerprint density at radius 1 is 1.06 bits per heavy atom. The van der Waals surface area contributed by atoms with Crippen molar-refractivity contribution in [1.29, 1.82) is 0 Å². The van der Waals surface area contributed by atoms with Crippen LogP contribution in [0.4, 0.5) is 0 Å². The monoisotopic (exact) mass is 322 g/mol. The van der Waals surface area contributed by atoms with Crippen molar-refractivity contribution < 1.29 is 0 Å². The molecule has 0 amide bonds. The molecule has 2 heteroatoms. The third-order valence-electron chi connectivity index (χ3n) is 3.16. The minimum atomic E-state index is 0.222. The molecule has 0 nitrogen and oxygen atoms in total. The Labute approximate surface area is 122 Å². The van der Waals surface area contributed by atoms with E-state index in [0.717, 1.165) is 17.0 Å². The Kier molecular flexibility index (Phi) is 4.47. The molecule has 0 saturated carbocycles. The number of hydrogen-bond donors (Lipinski definition) is 0. The third kappa shape index (κ3) is 2.96. The summed E-state index contributed by atoms with van der Waals surface area (Å²) in [6, 6.07) is 14.9. The van der Waals surface area contributed by atoms with E-state index in [1.165, 1.54) is 16.7 Å². The highest BCUT2D eigenvalue weighted by Gasteiger charge is 2.11. The molecule has 0 aliphatic carbocycles. The summed E-state index contributed by atoms with van der Waals surface area (Å²) in [6.45, 7) is 4.20. The maximum atomic E-state index is 6.06. The predicted octanol–water partition coefficient (Wildman–Crippen LogP) is 5.70. The Morgan fingerprint density at radius 2 is 1.67 bits per heavy atom. The molecular weight excluding hydrogens is 308 g/mol. The summed E-state index contributed by atoms with van der Waals surface area (Å²) in [4.78, 5) is 0.222. The van der Waals surface area contributed by atoms with Crippen molar-refractivity contribution in [2.45, 2.75) is 25.1 Å². The molecule has 0 saturated heterocycles. The molecule has 0 spiro atoms. The molecule has 0 aromatic heterocycles. The second kappa shape index (κ2) is 5.90. The summed E-state index contributed by atoms with van der Waals surface area (Å²) in [5.74, 6) is 0. The number of hydrogen-bond acceptors (Lipinski definition) is 0. The normalized spacial score (nSPS) is 12.4. The molecule has 0 bridgehead atoms. The van der Waals surface area contributed by atoms with Gasteiger partial charge in [-0.25, -0.2) is 0 Å². The van der Waals surface area contributed by atoms with Gasteiger partial charge in [0.2, 0.25) is 0 Å². The first-order valence-corrected chi connectivity index (χ1v) is 7.40. The molecule has 2 aromatic carbocycles. The minimum Gasteiger partial charge on any atom is -0.0841 e. The van der Waals surface area contributed by atoms with E-state index in [9.17, 15) is 0 Å². The first-order chi connectivity index (χ1) is 8.61. The van der Waals surface area contributed by atoms with Gasteiger partial charge in [-0.1, -0.05) is 70.9 Å². The van der Waals surface area contributed by atoms with E-state index in [1.54, 1.807) is 0 Å². The van der Waals surface area contributed by atoms with Crippen molar-refractivity contribution in [2.24, 2.45) is 0 Å². The van der Waals surface area contributed by atoms with Crippen LogP contribution in [0, 0.1) is 6.92 Å². The lowest BCUT2D eigenvalue weighted by atomic mass is 10.0. The van der Waals surface area contributed by atoms with Gasteiger partial charge in [0, 0.05) is 5.02 Å². The Balaban J connectivity index is 2.28. The van der Waals surface area contributed by atoms with E-state index >= 15 is 0 Å². The second-order valence-corrected chi connectivity index (χ2v) is 5.79. The fourth-order valence-electron chi connectivity index (χ4n) is 1.94. The highest BCUT2D eigenvalue weighted by molar-refractivity contribution is 9.09. The topological polar surface area (TPSA) is 0 Å². The van der Waals surface area contributed by atoms with Gasteiger partial charge in [-0.15, -0.1) is 0 Å². The van der Waals surface area contributed by atoms with Crippen molar-refractivity contribution in [2.75, 3.05) is 0 Å². The standard InChI is InChI=1S/C16H16BrCl/c1-3-12-4-6-13(7-5-12)16(17)14-8-9-15(18)11(2)10-14/h4-10,16H,3H2,1-2H3. The van der Waals surface area contributed by atoms with Crippen LogP contribution in [0.2, 0.25) is 5.02 Å². The number of halogens is 2. The Morgan fingerprint density at radius 3 is 2.22 bits per heavy atom. The number of benzene rings is 2. The molecule has 0 fully saturated rings. The van der Waals surface area contributed by atoms with Crippen LogP contribution < -0.4 is 0 Å². The number of aryl methyl sites for hydroxylation is 2. The van der Waals surface area contributed by atoms with Crippen molar-refractivity contribution in [3.05, 3.63) is 69.7 Å². The van der Waals surface area contributed by atoms with Gasteiger partial charge in [0.15, 0.2) is 0 Å². The van der Waals surface area contributed by atoms with Gasteiger partial charge in [0.05, 0.1) is 4.83 Å². The molecule has 1 unspecified atom stereocenters. The first-order valence-electron chi connectivity index (χ1n) is 6.10. The van der Waals surface area contributed by atoms with E-state index in [2.05, 4.69) is 59.3 Å². The second-order valence-electron chi connectivity index (χ2n) is 4.47. The van der Waals surface area contributed by atoms with Gasteiger partial charge in [0.25, 0.3) is 0 Å².